The molecule has 9 heteroatoms. The number of aliphatic carboxylic acids is 1. The van der Waals surface area contributed by atoms with Crippen LogP contribution in [0.15, 0.2) is 30.4 Å². The summed E-state index contributed by atoms with van der Waals surface area (Å²) >= 11 is 1.59. The second kappa shape index (κ2) is 13.3. The quantitative estimate of drug-likeness (QED) is 0.254. The van der Waals surface area contributed by atoms with Gasteiger partial charge in [-0.15, -0.1) is 11.8 Å². The number of hydrogen-bond donors (Lipinski definition) is 1. The fourth-order valence-electron chi connectivity index (χ4n) is 4.34. The second-order valence-corrected chi connectivity index (χ2v) is 12.4. The third kappa shape index (κ3) is 7.49. The summed E-state index contributed by atoms with van der Waals surface area (Å²) in [5.74, 6) is 2.05. The van der Waals surface area contributed by atoms with E-state index >= 15 is 0 Å². The standard InChI is InChI=1S/C18H28O3S.C8H9NO3S/c1-3-4-5-6-7-8-11-22(19)15(2)12-16-9-10-17-18(13-16)21-14-20-17;1-4-3-13-6-2-5(10)9(6)7(4)8(11)12/h9-10,13,15H,3-8,11-12,14H2,1-2H3;6-7H,1-3H2,(H,11,12)/t;6-,7?/m.1/s1. The molecule has 1 aromatic carbocycles. The van der Waals surface area contributed by atoms with Crippen LogP contribution in [0.4, 0.5) is 0 Å². The van der Waals surface area contributed by atoms with Crippen LogP contribution in [0.1, 0.15) is 64.4 Å². The number of hydrogen-bond acceptors (Lipinski definition) is 6. The Bertz CT molecular complexity index is 936. The van der Waals surface area contributed by atoms with Crippen molar-refractivity contribution in [3.8, 4) is 11.5 Å². The van der Waals surface area contributed by atoms with Crippen LogP contribution in [0.5, 0.6) is 11.5 Å². The van der Waals surface area contributed by atoms with Gasteiger partial charge < -0.3 is 19.5 Å². The van der Waals surface area contributed by atoms with Gasteiger partial charge in [-0.2, -0.15) is 0 Å². The van der Waals surface area contributed by atoms with Crippen LogP contribution in [-0.2, 0) is 26.8 Å². The highest BCUT2D eigenvalue weighted by atomic mass is 32.2. The molecular weight excluding hydrogens is 486 g/mol. The Morgan fingerprint density at radius 1 is 1.23 bits per heavy atom. The van der Waals surface area contributed by atoms with E-state index in [1.165, 1.54) is 42.6 Å². The van der Waals surface area contributed by atoms with Gasteiger partial charge in [0.05, 0.1) is 11.8 Å². The highest BCUT2D eigenvalue weighted by molar-refractivity contribution is 8.00. The van der Waals surface area contributed by atoms with Gasteiger partial charge >= 0.3 is 5.97 Å². The Kier molecular flexibility index (Phi) is 10.5. The number of fused-ring (bicyclic) bond motifs is 2. The number of β-lactam (4-membered cyclic amide) rings is 1. The van der Waals surface area contributed by atoms with Crippen LogP contribution >= 0.6 is 11.8 Å². The van der Waals surface area contributed by atoms with E-state index in [-0.39, 0.29) is 16.5 Å². The molecule has 3 unspecified atom stereocenters. The van der Waals surface area contributed by atoms with E-state index in [4.69, 9.17) is 14.6 Å². The van der Waals surface area contributed by atoms with Gasteiger partial charge in [0.1, 0.15) is 0 Å². The maximum atomic E-state index is 12.3. The van der Waals surface area contributed by atoms with E-state index in [9.17, 15) is 13.8 Å². The SMILES string of the molecule is C=C1CS[C@@H]2CC(=O)N2C1C(=O)O.CCCCCCCCS(=O)C(C)Cc1ccc2c(c1)OCO2. The van der Waals surface area contributed by atoms with Gasteiger partial charge in [-0.05, 0) is 36.1 Å². The molecule has 2 saturated heterocycles. The predicted octanol–water partition coefficient (Wildman–Crippen LogP) is 4.76. The number of amides is 1. The molecule has 3 aliphatic heterocycles. The van der Waals surface area contributed by atoms with Crippen molar-refractivity contribution in [3.05, 3.63) is 35.9 Å². The monoisotopic (exact) mass is 523 g/mol. The van der Waals surface area contributed by atoms with Crippen molar-refractivity contribution in [2.24, 2.45) is 0 Å². The Labute approximate surface area is 215 Å². The fourth-order valence-corrected chi connectivity index (χ4v) is 6.84. The normalized spacial score (nSPS) is 21.9. The topological polar surface area (TPSA) is 93.1 Å². The molecule has 0 radical (unpaired) electrons. The zero-order valence-corrected chi connectivity index (χ0v) is 22.3. The number of carboxylic acids is 1. The predicted molar refractivity (Wildman–Crippen MR) is 140 cm³/mol. The first-order valence-electron chi connectivity index (χ1n) is 12.4. The molecule has 0 aromatic heterocycles. The summed E-state index contributed by atoms with van der Waals surface area (Å²) in [6.45, 7) is 8.29. The Morgan fingerprint density at radius 2 is 1.94 bits per heavy atom. The minimum atomic E-state index is -0.969. The van der Waals surface area contributed by atoms with Crippen molar-refractivity contribution < 1.29 is 28.4 Å². The van der Waals surface area contributed by atoms with Crippen LogP contribution in [0.2, 0.25) is 0 Å². The van der Waals surface area contributed by atoms with Gasteiger partial charge in [-0.3, -0.25) is 9.00 Å². The van der Waals surface area contributed by atoms with E-state index in [2.05, 4.69) is 20.4 Å². The number of carbonyl (C=O) groups excluding carboxylic acids is 1. The lowest BCUT2D eigenvalue weighted by molar-refractivity contribution is -0.156. The van der Waals surface area contributed by atoms with E-state index in [0.29, 0.717) is 24.5 Å². The van der Waals surface area contributed by atoms with Crippen molar-refractivity contribution in [1.82, 2.24) is 4.90 Å². The van der Waals surface area contributed by atoms with Crippen LogP contribution in [0, 0.1) is 0 Å². The number of thioether (sulfide) groups is 1. The lowest BCUT2D eigenvalue weighted by atomic mass is 10.0. The highest BCUT2D eigenvalue weighted by Crippen LogP contribution is 2.39. The number of unbranched alkanes of at least 4 members (excludes halogenated alkanes) is 5. The van der Waals surface area contributed by atoms with Crippen LogP contribution in [0.25, 0.3) is 0 Å². The number of carboxylic acid groups (broad SMARTS) is 1. The molecular formula is C26H37NO6S2. The average Bonchev–Trinajstić information content (AvgIpc) is 3.29. The van der Waals surface area contributed by atoms with Gasteiger partial charge in [0, 0.05) is 27.6 Å². The van der Waals surface area contributed by atoms with E-state index in [1.807, 2.05) is 18.2 Å². The van der Waals surface area contributed by atoms with Gasteiger partial charge in [0.25, 0.3) is 0 Å². The molecule has 7 nitrogen and oxygen atoms in total. The average molecular weight is 524 g/mol. The molecule has 0 bridgehead atoms. The zero-order valence-electron chi connectivity index (χ0n) is 20.7. The van der Waals surface area contributed by atoms with Crippen LogP contribution < -0.4 is 9.47 Å². The summed E-state index contributed by atoms with van der Waals surface area (Å²) < 4.78 is 23.0. The molecule has 1 aromatic rings. The molecule has 1 amide bonds. The summed E-state index contributed by atoms with van der Waals surface area (Å²) in [6.07, 6.45) is 8.80. The Balaban J connectivity index is 0.000000223. The maximum Gasteiger partial charge on any atom is 0.330 e. The summed E-state index contributed by atoms with van der Waals surface area (Å²) in [6, 6.07) is 5.22. The molecule has 194 valence electrons. The van der Waals surface area contributed by atoms with Gasteiger partial charge in [0.15, 0.2) is 17.5 Å². The van der Waals surface area contributed by atoms with Crippen molar-refractivity contribution in [2.75, 3.05) is 18.3 Å². The van der Waals surface area contributed by atoms with E-state index in [1.54, 1.807) is 11.8 Å². The highest BCUT2D eigenvalue weighted by Gasteiger charge is 2.48. The minimum Gasteiger partial charge on any atom is -0.479 e. The zero-order chi connectivity index (χ0) is 25.4. The minimum absolute atomic E-state index is 0.0686. The van der Waals surface area contributed by atoms with Crippen LogP contribution in [0.3, 0.4) is 0 Å². The number of nitrogens with zero attached hydrogens (tertiary/aromatic N) is 1. The fraction of sp³-hybridized carbons (Fsp3) is 0.615. The number of rotatable bonds is 11. The van der Waals surface area contributed by atoms with Crippen molar-refractivity contribution >= 4 is 34.4 Å². The number of benzene rings is 1. The summed E-state index contributed by atoms with van der Waals surface area (Å²) in [5.41, 5.74) is 1.79. The van der Waals surface area contributed by atoms with E-state index in [0.717, 1.165) is 30.1 Å². The Morgan fingerprint density at radius 3 is 2.63 bits per heavy atom. The lowest BCUT2D eigenvalue weighted by Gasteiger charge is -2.47. The van der Waals surface area contributed by atoms with Crippen molar-refractivity contribution in [1.29, 1.82) is 0 Å². The molecule has 1 N–H and O–H groups in total. The van der Waals surface area contributed by atoms with Crippen molar-refractivity contribution in [3.63, 3.8) is 0 Å². The van der Waals surface area contributed by atoms with Gasteiger partial charge in [-0.1, -0.05) is 58.6 Å². The molecule has 0 aliphatic carbocycles. The van der Waals surface area contributed by atoms with E-state index < -0.39 is 22.8 Å². The third-order valence-corrected chi connectivity index (χ3v) is 9.49. The second-order valence-electron chi connectivity index (χ2n) is 9.22. The first kappa shape index (κ1) is 27.6. The van der Waals surface area contributed by atoms with Gasteiger partial charge in [0.2, 0.25) is 12.7 Å². The molecule has 35 heavy (non-hydrogen) atoms. The lowest BCUT2D eigenvalue weighted by Crippen LogP contribution is -2.61. The first-order valence-corrected chi connectivity index (χ1v) is 14.8. The largest absolute Gasteiger partial charge is 0.479 e. The Hall–Kier alpha value is -2.00. The van der Waals surface area contributed by atoms with Crippen molar-refractivity contribution in [2.45, 2.75) is 81.9 Å². The maximum absolute atomic E-state index is 12.3. The molecule has 2 fully saturated rings. The number of ether oxygens (including phenoxy) is 2. The third-order valence-electron chi connectivity index (χ3n) is 6.42. The van der Waals surface area contributed by atoms with Gasteiger partial charge in [-0.25, -0.2) is 4.79 Å². The molecule has 0 saturated carbocycles. The summed E-state index contributed by atoms with van der Waals surface area (Å²) in [4.78, 5) is 23.4. The molecule has 4 atom stereocenters. The van der Waals surface area contributed by atoms with Crippen LogP contribution in [-0.4, -0.2) is 61.1 Å². The molecule has 3 aliphatic rings. The number of carbonyl (C=O) groups is 2. The summed E-state index contributed by atoms with van der Waals surface area (Å²) in [5, 5.41) is 9.14. The molecule has 4 rings (SSSR count). The smallest absolute Gasteiger partial charge is 0.330 e. The molecule has 3 heterocycles. The molecule has 0 spiro atoms. The summed E-state index contributed by atoms with van der Waals surface area (Å²) in [7, 11) is -0.743. The first-order chi connectivity index (χ1) is 16.8.